The van der Waals surface area contributed by atoms with Crippen molar-refractivity contribution in [2.45, 2.75) is 46.1 Å². The summed E-state index contributed by atoms with van der Waals surface area (Å²) in [6, 6.07) is 12.5. The molecule has 0 fully saturated rings. The lowest BCUT2D eigenvalue weighted by atomic mass is 9.98. The van der Waals surface area contributed by atoms with Crippen LogP contribution in [-0.2, 0) is 25.5 Å². The number of benzene rings is 2. The summed E-state index contributed by atoms with van der Waals surface area (Å²) in [5.41, 5.74) is 3.61. The molecule has 162 valence electrons. The van der Waals surface area contributed by atoms with Crippen LogP contribution in [0.1, 0.15) is 53.7 Å². The molecule has 1 aliphatic rings. The predicted molar refractivity (Wildman–Crippen MR) is 116 cm³/mol. The smallest absolute Gasteiger partial charge is 0.326 e. The molecule has 0 saturated heterocycles. The predicted octanol–water partition coefficient (Wildman–Crippen LogP) is 3.21. The molecule has 3 rings (SSSR count). The number of hydrogen-bond donors (Lipinski definition) is 1. The number of fused-ring (bicyclic) bond motifs is 1. The molecule has 0 spiro atoms. The van der Waals surface area contributed by atoms with Gasteiger partial charge in [-0.05, 0) is 42.5 Å². The molecular weight excluding hydrogens is 396 g/mol. The van der Waals surface area contributed by atoms with Crippen molar-refractivity contribution in [3.63, 3.8) is 0 Å². The Balaban J connectivity index is 1.64. The molecule has 7 nitrogen and oxygen atoms in total. The van der Waals surface area contributed by atoms with Crippen LogP contribution < -0.4 is 5.32 Å². The minimum atomic E-state index is -1.09. The van der Waals surface area contributed by atoms with Gasteiger partial charge in [0, 0.05) is 11.3 Å². The number of carbonyl (C=O) groups excluding carboxylic acids is 4. The molecule has 3 amide bonds. The highest BCUT2D eigenvalue weighted by atomic mass is 16.5. The number of ether oxygens (including phenoxy) is 1. The Hall–Kier alpha value is -3.48. The van der Waals surface area contributed by atoms with Crippen molar-refractivity contribution >= 4 is 29.4 Å². The molecular formula is C24H26N2O5. The molecule has 0 radical (unpaired) electrons. The van der Waals surface area contributed by atoms with Gasteiger partial charge in [0.05, 0.1) is 6.42 Å². The van der Waals surface area contributed by atoms with E-state index in [4.69, 9.17) is 4.74 Å². The summed E-state index contributed by atoms with van der Waals surface area (Å²) in [4.78, 5) is 50.8. The van der Waals surface area contributed by atoms with Crippen LogP contribution in [0.2, 0.25) is 0 Å². The number of anilines is 1. The molecule has 2 aromatic carbocycles. The second-order valence-electron chi connectivity index (χ2n) is 7.93. The normalized spacial score (nSPS) is 14.3. The number of carbonyl (C=O) groups is 4. The van der Waals surface area contributed by atoms with Crippen molar-refractivity contribution < 1.29 is 23.9 Å². The van der Waals surface area contributed by atoms with Crippen molar-refractivity contribution in [1.82, 2.24) is 4.90 Å². The Morgan fingerprint density at radius 3 is 2.48 bits per heavy atom. The topological polar surface area (TPSA) is 92.8 Å². The highest BCUT2D eigenvalue weighted by Gasteiger charge is 2.33. The molecule has 0 saturated carbocycles. The fraction of sp³-hybridized carbons (Fsp3) is 0.333. The van der Waals surface area contributed by atoms with E-state index in [1.165, 1.54) is 6.92 Å². The Morgan fingerprint density at radius 1 is 1.06 bits per heavy atom. The number of aryl methyl sites for hydroxylation is 1. The maximum Gasteiger partial charge on any atom is 0.326 e. The first-order chi connectivity index (χ1) is 14.7. The molecule has 1 N–H and O–H groups in total. The standard InChI is InChI=1S/C24H26N2O5/c1-14(2)18-11-7-8-15(3)22(18)25-23(29)16(4)31-21(28)13-26-20(27)12-17-9-5-6-10-19(17)24(26)30/h5-11,14,16H,12-13H2,1-4H3,(H,25,29)/t16-/m0/s1. The van der Waals surface area contributed by atoms with Crippen molar-refractivity contribution in [2.24, 2.45) is 0 Å². The van der Waals surface area contributed by atoms with E-state index < -0.39 is 36.3 Å². The summed E-state index contributed by atoms with van der Waals surface area (Å²) >= 11 is 0. The fourth-order valence-electron chi connectivity index (χ4n) is 3.54. The van der Waals surface area contributed by atoms with E-state index in [0.29, 0.717) is 16.8 Å². The first-order valence-electron chi connectivity index (χ1n) is 10.2. The number of para-hydroxylation sites is 1. The van der Waals surface area contributed by atoms with Gasteiger partial charge in [-0.1, -0.05) is 50.2 Å². The summed E-state index contributed by atoms with van der Waals surface area (Å²) < 4.78 is 5.21. The minimum absolute atomic E-state index is 0.0382. The molecule has 7 heteroatoms. The van der Waals surface area contributed by atoms with Crippen molar-refractivity contribution in [1.29, 1.82) is 0 Å². The number of esters is 1. The van der Waals surface area contributed by atoms with Crippen LogP contribution in [0, 0.1) is 6.92 Å². The van der Waals surface area contributed by atoms with Gasteiger partial charge in [0.25, 0.3) is 11.8 Å². The molecule has 1 heterocycles. The monoisotopic (exact) mass is 422 g/mol. The van der Waals surface area contributed by atoms with Gasteiger partial charge in [0.2, 0.25) is 5.91 Å². The summed E-state index contributed by atoms with van der Waals surface area (Å²) in [5, 5.41) is 2.84. The van der Waals surface area contributed by atoms with Crippen LogP contribution in [0.15, 0.2) is 42.5 Å². The highest BCUT2D eigenvalue weighted by Crippen LogP contribution is 2.27. The molecule has 0 aromatic heterocycles. The van der Waals surface area contributed by atoms with E-state index in [9.17, 15) is 19.2 Å². The van der Waals surface area contributed by atoms with Crippen LogP contribution in [0.3, 0.4) is 0 Å². The Morgan fingerprint density at radius 2 is 1.77 bits per heavy atom. The van der Waals surface area contributed by atoms with Crippen LogP contribution in [0.4, 0.5) is 5.69 Å². The van der Waals surface area contributed by atoms with Crippen LogP contribution in [0.25, 0.3) is 0 Å². The Bertz CT molecular complexity index is 1040. The van der Waals surface area contributed by atoms with Crippen LogP contribution in [0.5, 0.6) is 0 Å². The number of hydrogen-bond acceptors (Lipinski definition) is 5. The van der Waals surface area contributed by atoms with Gasteiger partial charge in [-0.2, -0.15) is 0 Å². The third kappa shape index (κ3) is 4.82. The van der Waals surface area contributed by atoms with E-state index in [2.05, 4.69) is 5.32 Å². The zero-order chi connectivity index (χ0) is 22.7. The Kier molecular flexibility index (Phi) is 6.53. The largest absolute Gasteiger partial charge is 0.451 e. The van der Waals surface area contributed by atoms with Gasteiger partial charge in [0.15, 0.2) is 6.10 Å². The van der Waals surface area contributed by atoms with E-state index in [1.807, 2.05) is 39.0 Å². The number of amides is 3. The first-order valence-corrected chi connectivity index (χ1v) is 10.2. The van der Waals surface area contributed by atoms with E-state index in [0.717, 1.165) is 16.0 Å². The quantitative estimate of drug-likeness (QED) is 0.570. The van der Waals surface area contributed by atoms with Gasteiger partial charge < -0.3 is 10.1 Å². The second-order valence-corrected chi connectivity index (χ2v) is 7.93. The SMILES string of the molecule is Cc1cccc(C(C)C)c1NC(=O)[C@H](C)OC(=O)CN1C(=O)Cc2ccccc2C1=O. The van der Waals surface area contributed by atoms with Crippen LogP contribution >= 0.6 is 0 Å². The second kappa shape index (κ2) is 9.12. The van der Waals surface area contributed by atoms with Gasteiger partial charge in [0.1, 0.15) is 6.54 Å². The maximum absolute atomic E-state index is 12.6. The molecule has 0 aliphatic carbocycles. The molecule has 0 unspecified atom stereocenters. The van der Waals surface area contributed by atoms with Crippen molar-refractivity contribution in [3.8, 4) is 0 Å². The van der Waals surface area contributed by atoms with Crippen molar-refractivity contribution in [2.75, 3.05) is 11.9 Å². The zero-order valence-corrected chi connectivity index (χ0v) is 18.1. The lowest BCUT2D eigenvalue weighted by Gasteiger charge is -2.26. The van der Waals surface area contributed by atoms with Gasteiger partial charge >= 0.3 is 5.97 Å². The number of nitrogens with one attached hydrogen (secondary N) is 1. The molecule has 0 bridgehead atoms. The zero-order valence-electron chi connectivity index (χ0n) is 18.1. The molecule has 31 heavy (non-hydrogen) atoms. The lowest BCUT2D eigenvalue weighted by molar-refractivity contribution is -0.155. The maximum atomic E-state index is 12.6. The molecule has 1 atom stereocenters. The van der Waals surface area contributed by atoms with Gasteiger partial charge in [-0.25, -0.2) is 0 Å². The van der Waals surface area contributed by atoms with Crippen LogP contribution in [-0.4, -0.2) is 41.2 Å². The fourth-order valence-corrected chi connectivity index (χ4v) is 3.54. The highest BCUT2D eigenvalue weighted by molar-refractivity contribution is 6.11. The summed E-state index contributed by atoms with van der Waals surface area (Å²) in [7, 11) is 0. The van der Waals surface area contributed by atoms with E-state index in [-0.39, 0.29) is 12.3 Å². The van der Waals surface area contributed by atoms with Crippen molar-refractivity contribution in [3.05, 3.63) is 64.7 Å². The summed E-state index contributed by atoms with van der Waals surface area (Å²) in [6.07, 6.45) is -1.05. The average Bonchev–Trinajstić information content (AvgIpc) is 2.72. The number of imide groups is 1. The minimum Gasteiger partial charge on any atom is -0.451 e. The lowest BCUT2D eigenvalue weighted by Crippen LogP contribution is -2.46. The molecule has 2 aromatic rings. The third-order valence-corrected chi connectivity index (χ3v) is 5.28. The number of rotatable bonds is 6. The van der Waals surface area contributed by atoms with E-state index >= 15 is 0 Å². The first kappa shape index (κ1) is 22.2. The average molecular weight is 422 g/mol. The number of nitrogens with zero attached hydrogens (tertiary/aromatic N) is 1. The Labute approximate surface area is 181 Å². The third-order valence-electron chi connectivity index (χ3n) is 5.28. The summed E-state index contributed by atoms with van der Waals surface area (Å²) in [6.45, 7) is 6.86. The van der Waals surface area contributed by atoms with Gasteiger partial charge in [-0.3, -0.25) is 24.1 Å². The summed E-state index contributed by atoms with van der Waals surface area (Å²) in [5.74, 6) is -2.11. The van der Waals surface area contributed by atoms with E-state index in [1.54, 1.807) is 24.3 Å². The van der Waals surface area contributed by atoms with Gasteiger partial charge in [-0.15, -0.1) is 0 Å². The molecule has 1 aliphatic heterocycles.